The van der Waals surface area contributed by atoms with Gasteiger partial charge in [-0.1, -0.05) is 24.3 Å². The first kappa shape index (κ1) is 13.3. The number of hydrazine groups is 1. The van der Waals surface area contributed by atoms with Gasteiger partial charge in [0.1, 0.15) is 5.69 Å². The lowest BCUT2D eigenvalue weighted by molar-refractivity contribution is -0.428. The van der Waals surface area contributed by atoms with Crippen molar-refractivity contribution in [2.75, 3.05) is 5.43 Å². The molecule has 0 saturated heterocycles. The Balaban J connectivity index is 2.30. The molecule has 0 fully saturated rings. The van der Waals surface area contributed by atoms with Gasteiger partial charge in [-0.05, 0) is 50.5 Å². The van der Waals surface area contributed by atoms with Crippen molar-refractivity contribution in [1.29, 1.82) is 0 Å². The van der Waals surface area contributed by atoms with Crippen LogP contribution in [0.4, 0.5) is 11.4 Å². The van der Waals surface area contributed by atoms with Crippen LogP contribution >= 0.6 is 0 Å². The van der Waals surface area contributed by atoms with E-state index in [0.717, 1.165) is 32.8 Å². The quantitative estimate of drug-likeness (QED) is 0.653. The van der Waals surface area contributed by atoms with Gasteiger partial charge in [0.2, 0.25) is 0 Å². The molecule has 0 unspecified atom stereocenters. The number of hydrogen-bond donors (Lipinski definition) is 1. The van der Waals surface area contributed by atoms with Crippen molar-refractivity contribution in [3.8, 4) is 0 Å². The number of anilines is 1. The summed E-state index contributed by atoms with van der Waals surface area (Å²) < 4.78 is 0. The Labute approximate surface area is 113 Å². The highest BCUT2D eigenvalue weighted by Crippen LogP contribution is 2.22. The van der Waals surface area contributed by atoms with Crippen LogP contribution in [-0.2, 0) is 0 Å². The molecular weight excluding hydrogens is 236 g/mol. The second kappa shape index (κ2) is 5.22. The van der Waals surface area contributed by atoms with Crippen molar-refractivity contribution in [2.24, 2.45) is 0 Å². The minimum absolute atomic E-state index is 0.654. The molecule has 3 heteroatoms. The van der Waals surface area contributed by atoms with E-state index in [9.17, 15) is 4.91 Å². The number of benzene rings is 2. The molecule has 3 nitrogen and oxygen atoms in total. The topological polar surface area (TPSA) is 32.1 Å². The molecule has 2 rings (SSSR count). The van der Waals surface area contributed by atoms with E-state index in [4.69, 9.17) is 0 Å². The van der Waals surface area contributed by atoms with Crippen molar-refractivity contribution in [3.63, 3.8) is 0 Å². The van der Waals surface area contributed by atoms with Gasteiger partial charge in [0.25, 0.3) is 5.69 Å². The molecule has 1 N–H and O–H groups in total. The molecule has 2 aromatic carbocycles. The summed E-state index contributed by atoms with van der Waals surface area (Å²) >= 11 is 0. The first-order valence-corrected chi connectivity index (χ1v) is 6.36. The van der Waals surface area contributed by atoms with E-state index in [2.05, 4.69) is 5.43 Å². The summed E-state index contributed by atoms with van der Waals surface area (Å²) in [5.74, 6) is 0. The van der Waals surface area contributed by atoms with Crippen LogP contribution < -0.4 is 5.43 Å². The van der Waals surface area contributed by atoms with Gasteiger partial charge in [0, 0.05) is 11.6 Å². The maximum Gasteiger partial charge on any atom is 0.295 e. The molecule has 19 heavy (non-hydrogen) atoms. The molecule has 0 aliphatic heterocycles. The van der Waals surface area contributed by atoms with Crippen LogP contribution in [-0.4, -0.2) is 4.87 Å². The lowest BCUT2D eigenvalue weighted by atomic mass is 10.1. The zero-order chi connectivity index (χ0) is 14.0. The van der Waals surface area contributed by atoms with Crippen molar-refractivity contribution in [3.05, 3.63) is 63.6 Å². The number of hydrogen-bond acceptors (Lipinski definition) is 1. The van der Waals surface area contributed by atoms with Crippen molar-refractivity contribution < 1.29 is 4.87 Å². The van der Waals surface area contributed by atoms with Crippen LogP contribution in [0.1, 0.15) is 22.3 Å². The Hall–Kier alpha value is -2.16. The summed E-state index contributed by atoms with van der Waals surface area (Å²) in [6, 6.07) is 11.9. The molecule has 0 amide bonds. The third kappa shape index (κ3) is 2.99. The monoisotopic (exact) mass is 255 g/mol. The molecule has 0 spiro atoms. The summed E-state index contributed by atoms with van der Waals surface area (Å²) in [7, 11) is 0. The van der Waals surface area contributed by atoms with E-state index in [1.54, 1.807) is 0 Å². The predicted octanol–water partition coefficient (Wildman–Crippen LogP) is 4.36. The smallest absolute Gasteiger partial charge is 0.114 e. The highest BCUT2D eigenvalue weighted by atomic mass is 16.3. The van der Waals surface area contributed by atoms with Crippen LogP contribution in [0.5, 0.6) is 0 Å². The summed E-state index contributed by atoms with van der Waals surface area (Å²) in [6.07, 6.45) is 0. The zero-order valence-electron chi connectivity index (χ0n) is 11.8. The summed E-state index contributed by atoms with van der Waals surface area (Å²) in [5.41, 5.74) is 8.62. The Morgan fingerprint density at radius 2 is 1.42 bits per heavy atom. The third-order valence-electron chi connectivity index (χ3n) is 3.20. The number of rotatable bonds is 3. The van der Waals surface area contributed by atoms with Gasteiger partial charge in [0.05, 0.1) is 4.91 Å². The average Bonchev–Trinajstić information content (AvgIpc) is 2.36. The summed E-state index contributed by atoms with van der Waals surface area (Å²) in [4.78, 5) is 13.1. The summed E-state index contributed by atoms with van der Waals surface area (Å²) in [5, 5.41) is 0. The molecule has 0 atom stereocenters. The van der Waals surface area contributed by atoms with Gasteiger partial charge in [-0.15, -0.1) is 5.43 Å². The van der Waals surface area contributed by atoms with Gasteiger partial charge in [0.15, 0.2) is 4.87 Å². The first-order valence-electron chi connectivity index (χ1n) is 6.36. The van der Waals surface area contributed by atoms with E-state index in [1.807, 2.05) is 64.1 Å². The molecule has 0 saturated carbocycles. The molecule has 0 radical (unpaired) electrons. The van der Waals surface area contributed by atoms with E-state index < -0.39 is 0 Å². The Bertz CT molecular complexity index is 633. The van der Waals surface area contributed by atoms with Gasteiger partial charge < -0.3 is 0 Å². The zero-order valence-corrected chi connectivity index (χ0v) is 11.8. The normalized spacial score (nSPS) is 10.3. The average molecular weight is 255 g/mol. The lowest BCUT2D eigenvalue weighted by Gasteiger charge is -2.04. The molecule has 0 aromatic heterocycles. The predicted molar refractivity (Wildman–Crippen MR) is 78.7 cm³/mol. The molecule has 98 valence electrons. The number of nitroso groups, excluding NO2 is 1. The summed E-state index contributed by atoms with van der Waals surface area (Å²) in [6.45, 7) is 7.91. The van der Waals surface area contributed by atoms with E-state index in [-0.39, 0.29) is 0 Å². The number of nitrogens with zero attached hydrogens (tertiary/aromatic N) is 1. The van der Waals surface area contributed by atoms with E-state index >= 15 is 0 Å². The molecule has 0 aliphatic rings. The molecular formula is C16H19N2O+. The Morgan fingerprint density at radius 1 is 0.842 bits per heavy atom. The van der Waals surface area contributed by atoms with Gasteiger partial charge in [-0.2, -0.15) is 0 Å². The van der Waals surface area contributed by atoms with Gasteiger partial charge in [-0.25, -0.2) is 0 Å². The highest BCUT2D eigenvalue weighted by Gasteiger charge is 2.18. The largest absolute Gasteiger partial charge is 0.295 e. The SMILES string of the molecule is Cc1ccc(C)c(N[N+](=O)c2cc(C)ccc2C)c1. The first-order chi connectivity index (χ1) is 8.97. The van der Waals surface area contributed by atoms with E-state index in [1.165, 1.54) is 0 Å². The van der Waals surface area contributed by atoms with Crippen LogP contribution in [0.2, 0.25) is 0 Å². The second-order valence-electron chi connectivity index (χ2n) is 5.01. The van der Waals surface area contributed by atoms with Crippen molar-refractivity contribution >= 4 is 11.4 Å². The van der Waals surface area contributed by atoms with Crippen LogP contribution in [0.15, 0.2) is 36.4 Å². The third-order valence-corrected chi connectivity index (χ3v) is 3.20. The second-order valence-corrected chi connectivity index (χ2v) is 5.01. The van der Waals surface area contributed by atoms with E-state index in [0.29, 0.717) is 5.69 Å². The van der Waals surface area contributed by atoms with Crippen molar-refractivity contribution in [1.82, 2.24) is 0 Å². The number of aryl methyl sites for hydroxylation is 4. The fourth-order valence-corrected chi connectivity index (χ4v) is 1.96. The minimum Gasteiger partial charge on any atom is -0.114 e. The lowest BCUT2D eigenvalue weighted by Crippen LogP contribution is -2.12. The van der Waals surface area contributed by atoms with Gasteiger partial charge in [-0.3, -0.25) is 0 Å². The van der Waals surface area contributed by atoms with Crippen LogP contribution in [0, 0.1) is 32.6 Å². The highest BCUT2D eigenvalue weighted by molar-refractivity contribution is 5.52. The molecule has 0 heterocycles. The number of nitrogens with one attached hydrogen (secondary N) is 1. The Kier molecular flexibility index (Phi) is 3.65. The molecule has 2 aromatic rings. The van der Waals surface area contributed by atoms with Crippen LogP contribution in [0.25, 0.3) is 0 Å². The molecule has 0 bridgehead atoms. The van der Waals surface area contributed by atoms with Gasteiger partial charge >= 0.3 is 0 Å². The maximum absolute atomic E-state index is 12.3. The minimum atomic E-state index is 0.654. The van der Waals surface area contributed by atoms with Crippen molar-refractivity contribution in [2.45, 2.75) is 27.7 Å². The maximum atomic E-state index is 12.3. The fraction of sp³-hybridized carbons (Fsp3) is 0.250. The standard InChI is InChI=1S/C16H19N2O/c1-11-5-7-13(3)15(9-11)17-18(19)16-10-12(2)6-8-14(16)4/h5-10H,1-4H3,(H,17,19)/q+1. The fourth-order valence-electron chi connectivity index (χ4n) is 1.96. The van der Waals surface area contributed by atoms with Crippen LogP contribution in [0.3, 0.4) is 0 Å². The Morgan fingerprint density at radius 3 is 2.11 bits per heavy atom. The molecule has 0 aliphatic carbocycles.